The van der Waals surface area contributed by atoms with Crippen molar-refractivity contribution in [1.29, 1.82) is 0 Å². The number of carboxylic acid groups (broad SMARTS) is 1. The molecule has 2 saturated heterocycles. The lowest BCUT2D eigenvalue weighted by Crippen LogP contribution is -2.53. The minimum Gasteiger partial charge on any atom is -0.504 e. The second-order valence-electron chi connectivity index (χ2n) is 14.4. The number of halogens is 5. The molecule has 3 fully saturated rings. The van der Waals surface area contributed by atoms with Crippen LogP contribution in [0.25, 0.3) is 0 Å². The molecule has 3 aromatic carbocycles. The summed E-state index contributed by atoms with van der Waals surface area (Å²) in [5.41, 5.74) is 0.845. The number of hydrazine groups is 1. The number of nitrogens with one attached hydrogen (secondary N) is 1. The molecule has 1 saturated carbocycles. The molecule has 3 heterocycles. The lowest BCUT2D eigenvalue weighted by molar-refractivity contribution is -0.139. The molecule has 6 atom stereocenters. The molecule has 58 heavy (non-hydrogen) atoms. The molecular formula is C41H31Cl2F3N4O8. The van der Waals surface area contributed by atoms with E-state index in [1.165, 1.54) is 30.3 Å². The van der Waals surface area contributed by atoms with E-state index < -0.39 is 87.2 Å². The van der Waals surface area contributed by atoms with Gasteiger partial charge < -0.3 is 14.9 Å². The Morgan fingerprint density at radius 3 is 2.40 bits per heavy atom. The number of aromatic carboxylic acids is 1. The van der Waals surface area contributed by atoms with E-state index in [0.717, 1.165) is 4.90 Å². The van der Waals surface area contributed by atoms with Crippen LogP contribution in [0.3, 0.4) is 0 Å². The van der Waals surface area contributed by atoms with Crippen LogP contribution in [-0.2, 0) is 30.8 Å². The molecule has 8 rings (SSSR count). The molecule has 0 spiro atoms. The Hall–Kier alpha value is -5.93. The number of carbonyl (C=O) groups is 5. The Labute approximate surface area is 337 Å². The van der Waals surface area contributed by atoms with E-state index in [4.69, 9.17) is 27.9 Å². The second kappa shape index (κ2) is 14.2. The topological polar surface area (TPSA) is 166 Å². The first-order valence-electron chi connectivity index (χ1n) is 18.1. The van der Waals surface area contributed by atoms with Gasteiger partial charge in [0.1, 0.15) is 0 Å². The normalized spacial score (nSPS) is 25.3. The molecule has 0 bridgehead atoms. The number of rotatable bonds is 8. The molecule has 1 aromatic heterocycles. The van der Waals surface area contributed by atoms with Crippen LogP contribution in [0.5, 0.6) is 11.5 Å². The number of carbonyl (C=O) groups excluding carboxylic acids is 4. The van der Waals surface area contributed by atoms with Gasteiger partial charge in [-0.25, -0.2) is 9.78 Å². The van der Waals surface area contributed by atoms with E-state index in [9.17, 15) is 42.6 Å². The van der Waals surface area contributed by atoms with Gasteiger partial charge in [0, 0.05) is 17.1 Å². The number of amides is 4. The highest BCUT2D eigenvalue weighted by molar-refractivity contribution is 6.33. The molecule has 2 aliphatic carbocycles. The molecule has 17 heteroatoms. The quantitative estimate of drug-likeness (QED) is 0.120. The van der Waals surface area contributed by atoms with Crippen LogP contribution in [0, 0.1) is 23.7 Å². The van der Waals surface area contributed by atoms with Gasteiger partial charge in [0.2, 0.25) is 11.8 Å². The smallest absolute Gasteiger partial charge is 0.417 e. The minimum absolute atomic E-state index is 0.0552. The van der Waals surface area contributed by atoms with Crippen molar-refractivity contribution < 1.29 is 52.1 Å². The van der Waals surface area contributed by atoms with Gasteiger partial charge >= 0.3 is 12.1 Å². The summed E-state index contributed by atoms with van der Waals surface area (Å²) < 4.78 is 46.3. The molecule has 2 aliphatic heterocycles. The van der Waals surface area contributed by atoms with Crippen molar-refractivity contribution in [3.8, 4) is 11.5 Å². The molecule has 4 aliphatic rings. The van der Waals surface area contributed by atoms with E-state index in [-0.39, 0.29) is 42.2 Å². The number of aromatic nitrogens is 1. The Morgan fingerprint density at radius 2 is 1.72 bits per heavy atom. The zero-order valence-electron chi connectivity index (χ0n) is 30.2. The molecule has 12 nitrogen and oxygen atoms in total. The summed E-state index contributed by atoms with van der Waals surface area (Å²) in [4.78, 5) is 75.5. The maximum absolute atomic E-state index is 15.4. The maximum atomic E-state index is 15.4. The van der Waals surface area contributed by atoms with Crippen LogP contribution in [0.4, 0.5) is 24.7 Å². The molecular weight excluding hydrogens is 804 g/mol. The van der Waals surface area contributed by atoms with E-state index in [1.807, 2.05) is 0 Å². The van der Waals surface area contributed by atoms with Crippen LogP contribution in [0.2, 0.25) is 10.0 Å². The SMILES string of the molecule is CCOc1cc([C@H]2C3=CC[C@@H]4C(=O)N(c5cccc(C(=O)O)c5)C(=O)[C@@H]4[C@@H]3C[C@H]3C(=O)N(Nc4ncc(C(F)(F)F)cc4Cl)C(=O)[C@@]23c2ccc(Cl)cc2)ccc1O. The third kappa shape index (κ3) is 5.97. The Kier molecular flexibility index (Phi) is 9.51. The van der Waals surface area contributed by atoms with Gasteiger partial charge in [-0.05, 0) is 85.3 Å². The van der Waals surface area contributed by atoms with Crippen molar-refractivity contribution in [1.82, 2.24) is 9.99 Å². The van der Waals surface area contributed by atoms with Crippen LogP contribution in [0.1, 0.15) is 52.7 Å². The summed E-state index contributed by atoms with van der Waals surface area (Å²) in [6, 6.07) is 16.8. The number of hydrogen-bond donors (Lipinski definition) is 3. The average molecular weight is 836 g/mol. The number of allylic oxidation sites excluding steroid dienone is 2. The molecule has 0 unspecified atom stereocenters. The monoisotopic (exact) mass is 834 g/mol. The highest BCUT2D eigenvalue weighted by Crippen LogP contribution is 2.64. The van der Waals surface area contributed by atoms with Crippen molar-refractivity contribution >= 4 is 64.3 Å². The van der Waals surface area contributed by atoms with Crippen molar-refractivity contribution in [2.45, 2.75) is 37.3 Å². The number of phenols is 1. The summed E-state index contributed by atoms with van der Waals surface area (Å²) in [6.07, 6.45) is -2.56. The van der Waals surface area contributed by atoms with Gasteiger partial charge in [0.25, 0.3) is 11.8 Å². The van der Waals surface area contributed by atoms with Crippen molar-refractivity contribution in [3.05, 3.63) is 123 Å². The maximum Gasteiger partial charge on any atom is 0.417 e. The number of pyridine rings is 1. The van der Waals surface area contributed by atoms with E-state index >= 15 is 4.79 Å². The second-order valence-corrected chi connectivity index (χ2v) is 15.3. The molecule has 0 radical (unpaired) electrons. The van der Waals surface area contributed by atoms with Gasteiger partial charge in [-0.1, -0.05) is 59.1 Å². The lowest BCUT2D eigenvalue weighted by atomic mass is 9.49. The lowest BCUT2D eigenvalue weighted by Gasteiger charge is -2.50. The summed E-state index contributed by atoms with van der Waals surface area (Å²) in [5.74, 6) is -9.69. The predicted octanol–water partition coefficient (Wildman–Crippen LogP) is 7.40. The van der Waals surface area contributed by atoms with Gasteiger partial charge in [-0.2, -0.15) is 18.2 Å². The van der Waals surface area contributed by atoms with E-state index in [2.05, 4.69) is 10.4 Å². The Bertz CT molecular complexity index is 2460. The third-order valence-electron chi connectivity index (χ3n) is 11.5. The number of phenolic OH excluding ortho intramolecular Hbond substituents is 1. The number of carboxylic acids is 1. The summed E-state index contributed by atoms with van der Waals surface area (Å²) in [7, 11) is 0. The Morgan fingerprint density at radius 1 is 0.983 bits per heavy atom. The largest absolute Gasteiger partial charge is 0.504 e. The third-order valence-corrected chi connectivity index (χ3v) is 12.1. The number of benzene rings is 3. The molecule has 4 aromatic rings. The zero-order valence-corrected chi connectivity index (χ0v) is 31.7. The van der Waals surface area contributed by atoms with Crippen molar-refractivity contribution in [2.75, 3.05) is 16.9 Å². The van der Waals surface area contributed by atoms with Crippen LogP contribution >= 0.6 is 23.2 Å². The molecule has 298 valence electrons. The predicted molar refractivity (Wildman–Crippen MR) is 202 cm³/mol. The van der Waals surface area contributed by atoms with Gasteiger partial charge in [-0.15, -0.1) is 0 Å². The van der Waals surface area contributed by atoms with Crippen molar-refractivity contribution in [3.63, 3.8) is 0 Å². The number of imide groups is 2. The summed E-state index contributed by atoms with van der Waals surface area (Å²) in [5, 5.41) is 20.9. The number of ether oxygens (including phenoxy) is 1. The van der Waals surface area contributed by atoms with E-state index in [0.29, 0.717) is 39.0 Å². The minimum atomic E-state index is -4.78. The number of hydrogen-bond acceptors (Lipinski definition) is 9. The number of aromatic hydroxyl groups is 1. The Balaban J connectivity index is 1.31. The fourth-order valence-corrected chi connectivity index (χ4v) is 9.51. The van der Waals surface area contributed by atoms with Crippen molar-refractivity contribution in [2.24, 2.45) is 23.7 Å². The first-order valence-corrected chi connectivity index (χ1v) is 18.8. The fraction of sp³-hybridized carbons (Fsp3) is 0.268. The summed E-state index contributed by atoms with van der Waals surface area (Å²) >= 11 is 12.6. The van der Waals surface area contributed by atoms with Crippen LogP contribution in [0.15, 0.2) is 90.6 Å². The number of fused-ring (bicyclic) bond motifs is 4. The fourth-order valence-electron chi connectivity index (χ4n) is 9.17. The number of nitrogens with zero attached hydrogens (tertiary/aromatic N) is 3. The molecule has 3 N–H and O–H groups in total. The molecule has 4 amide bonds. The highest BCUT2D eigenvalue weighted by Gasteiger charge is 2.70. The first-order chi connectivity index (χ1) is 27.6. The van der Waals surface area contributed by atoms with Crippen LogP contribution < -0.4 is 15.1 Å². The number of anilines is 2. The number of alkyl halides is 3. The zero-order chi connectivity index (χ0) is 41.4. The average Bonchev–Trinajstić information content (AvgIpc) is 3.57. The first kappa shape index (κ1) is 38.9. The van der Waals surface area contributed by atoms with Gasteiger partial charge in [-0.3, -0.25) is 29.5 Å². The van der Waals surface area contributed by atoms with Crippen LogP contribution in [-0.4, -0.2) is 56.4 Å². The van der Waals surface area contributed by atoms with E-state index in [1.54, 1.807) is 49.4 Å². The van der Waals surface area contributed by atoms with Gasteiger partial charge in [0.15, 0.2) is 17.3 Å². The summed E-state index contributed by atoms with van der Waals surface area (Å²) in [6.45, 7) is 1.87. The standard InChI is InChI=1S/C41H31Cl2F3N4O8/c1-2-58-31-15-19(6-13-30(31)51)33-25-11-12-26-32(37(54)49(35(26)52)24-5-3-4-20(14-24)38(55)56)27(25)17-28-36(53)50(39(57)40(28,33)21-7-9-23(42)10-8-21)48-34-29(43)16-22(18-47-34)41(44,45)46/h3-11,13-16,18,26-28,32-33,51H,2,12,17H2,1H3,(H,47,48)(H,55,56)/t26-,27+,28-,32-,33-,40+/m0/s1. The van der Waals surface area contributed by atoms with Gasteiger partial charge in [0.05, 0.1) is 51.6 Å². The highest BCUT2D eigenvalue weighted by atomic mass is 35.5.